The van der Waals surface area contributed by atoms with Crippen LogP contribution in [-0.2, 0) is 13.1 Å². The van der Waals surface area contributed by atoms with E-state index in [1.807, 2.05) is 44.6 Å². The molecule has 100 valence electrons. The minimum atomic E-state index is 0.766. The van der Waals surface area contributed by atoms with E-state index >= 15 is 0 Å². The summed E-state index contributed by atoms with van der Waals surface area (Å²) in [5, 5.41) is 3.91. The monoisotopic (exact) mass is 275 g/mol. The highest BCUT2D eigenvalue weighted by atomic mass is 35.5. The summed E-state index contributed by atoms with van der Waals surface area (Å²) in [6, 6.07) is 12.0. The second-order valence-electron chi connectivity index (χ2n) is 4.54. The number of pyridine rings is 1. The Morgan fingerprint density at radius 3 is 2.79 bits per heavy atom. The maximum atomic E-state index is 6.00. The van der Waals surface area contributed by atoms with E-state index in [1.54, 1.807) is 0 Å². The van der Waals surface area contributed by atoms with Crippen molar-refractivity contribution in [3.63, 3.8) is 0 Å². The van der Waals surface area contributed by atoms with Gasteiger partial charge in [0.15, 0.2) is 0 Å². The van der Waals surface area contributed by atoms with Gasteiger partial charge in [0, 0.05) is 31.4 Å². The first-order valence-electron chi connectivity index (χ1n) is 6.24. The zero-order valence-electron chi connectivity index (χ0n) is 11.2. The molecule has 0 amide bonds. The Bertz CT molecular complexity index is 542. The number of nitrogens with one attached hydrogen (secondary N) is 1. The molecule has 0 unspecified atom stereocenters. The van der Waals surface area contributed by atoms with Crippen LogP contribution in [0.4, 0.5) is 5.82 Å². The zero-order chi connectivity index (χ0) is 13.7. The summed E-state index contributed by atoms with van der Waals surface area (Å²) >= 11 is 6.00. The van der Waals surface area contributed by atoms with Crippen LogP contribution in [0.2, 0.25) is 5.02 Å². The van der Waals surface area contributed by atoms with E-state index in [4.69, 9.17) is 11.6 Å². The van der Waals surface area contributed by atoms with Crippen molar-refractivity contribution in [1.29, 1.82) is 0 Å². The van der Waals surface area contributed by atoms with E-state index in [9.17, 15) is 0 Å². The molecule has 0 radical (unpaired) electrons. The Balaban J connectivity index is 2.11. The molecule has 2 aromatic rings. The molecule has 19 heavy (non-hydrogen) atoms. The third kappa shape index (κ3) is 3.94. The van der Waals surface area contributed by atoms with Crippen molar-refractivity contribution in [2.75, 3.05) is 19.0 Å². The van der Waals surface area contributed by atoms with Crippen molar-refractivity contribution in [3.05, 3.63) is 58.7 Å². The summed E-state index contributed by atoms with van der Waals surface area (Å²) in [5.74, 6) is 0.965. The minimum Gasteiger partial charge on any atom is -0.355 e. The fourth-order valence-electron chi connectivity index (χ4n) is 1.97. The van der Waals surface area contributed by atoms with Crippen LogP contribution in [0.25, 0.3) is 0 Å². The standard InChI is InChI=1S/C15H18ClN3/c1-17-10-12-6-7-18-15(9-12)19(2)11-13-4-3-5-14(16)8-13/h3-9,17H,10-11H2,1-2H3. The SMILES string of the molecule is CNCc1ccnc(N(C)Cc2cccc(Cl)c2)c1. The van der Waals surface area contributed by atoms with Crippen LogP contribution >= 0.6 is 11.6 Å². The molecule has 0 atom stereocenters. The van der Waals surface area contributed by atoms with Gasteiger partial charge < -0.3 is 10.2 Å². The highest BCUT2D eigenvalue weighted by Gasteiger charge is 2.05. The van der Waals surface area contributed by atoms with Gasteiger partial charge in [0.05, 0.1) is 0 Å². The molecular weight excluding hydrogens is 258 g/mol. The van der Waals surface area contributed by atoms with Gasteiger partial charge in [-0.25, -0.2) is 4.98 Å². The van der Waals surface area contributed by atoms with Crippen LogP contribution in [0, 0.1) is 0 Å². The average molecular weight is 276 g/mol. The van der Waals surface area contributed by atoms with Crippen molar-refractivity contribution in [2.24, 2.45) is 0 Å². The highest BCUT2D eigenvalue weighted by Crippen LogP contribution is 2.16. The molecule has 0 bridgehead atoms. The lowest BCUT2D eigenvalue weighted by molar-refractivity contribution is 0.811. The van der Waals surface area contributed by atoms with Crippen molar-refractivity contribution < 1.29 is 0 Å². The van der Waals surface area contributed by atoms with Gasteiger partial charge in [-0.3, -0.25) is 0 Å². The molecule has 1 aromatic carbocycles. The maximum Gasteiger partial charge on any atom is 0.128 e. The third-order valence-electron chi connectivity index (χ3n) is 2.89. The van der Waals surface area contributed by atoms with Gasteiger partial charge in [0.25, 0.3) is 0 Å². The summed E-state index contributed by atoms with van der Waals surface area (Å²) in [6.45, 7) is 1.64. The third-order valence-corrected chi connectivity index (χ3v) is 3.13. The Morgan fingerprint density at radius 2 is 2.05 bits per heavy atom. The van der Waals surface area contributed by atoms with Gasteiger partial charge in [0.2, 0.25) is 0 Å². The Hall–Kier alpha value is -1.58. The summed E-state index contributed by atoms with van der Waals surface area (Å²) in [4.78, 5) is 6.52. The van der Waals surface area contributed by atoms with E-state index in [0.29, 0.717) is 0 Å². The van der Waals surface area contributed by atoms with Gasteiger partial charge in [-0.05, 0) is 42.4 Å². The van der Waals surface area contributed by atoms with Crippen LogP contribution in [0.1, 0.15) is 11.1 Å². The number of benzene rings is 1. The highest BCUT2D eigenvalue weighted by molar-refractivity contribution is 6.30. The molecule has 0 fully saturated rings. The minimum absolute atomic E-state index is 0.766. The fraction of sp³-hybridized carbons (Fsp3) is 0.267. The molecule has 0 saturated heterocycles. The van der Waals surface area contributed by atoms with Crippen LogP contribution in [0.5, 0.6) is 0 Å². The van der Waals surface area contributed by atoms with E-state index in [0.717, 1.165) is 23.9 Å². The molecule has 4 heteroatoms. The molecular formula is C15H18ClN3. The number of hydrogen-bond acceptors (Lipinski definition) is 3. The van der Waals surface area contributed by atoms with Crippen LogP contribution in [0.15, 0.2) is 42.6 Å². The van der Waals surface area contributed by atoms with Crippen LogP contribution in [0.3, 0.4) is 0 Å². The van der Waals surface area contributed by atoms with Gasteiger partial charge in [-0.2, -0.15) is 0 Å². The Morgan fingerprint density at radius 1 is 1.21 bits per heavy atom. The van der Waals surface area contributed by atoms with E-state index in [2.05, 4.69) is 27.3 Å². The number of halogens is 1. The molecule has 1 aromatic heterocycles. The predicted molar refractivity (Wildman–Crippen MR) is 80.6 cm³/mol. The normalized spacial score (nSPS) is 10.5. The Kier molecular flexibility index (Phi) is 4.77. The van der Waals surface area contributed by atoms with Crippen LogP contribution in [-0.4, -0.2) is 19.1 Å². The second-order valence-corrected chi connectivity index (χ2v) is 4.98. The van der Waals surface area contributed by atoms with Crippen molar-refractivity contribution >= 4 is 17.4 Å². The van der Waals surface area contributed by atoms with Gasteiger partial charge in [-0.15, -0.1) is 0 Å². The quantitative estimate of drug-likeness (QED) is 0.909. The van der Waals surface area contributed by atoms with Crippen LogP contribution < -0.4 is 10.2 Å². The lowest BCUT2D eigenvalue weighted by Crippen LogP contribution is -2.18. The second kappa shape index (κ2) is 6.55. The summed E-state index contributed by atoms with van der Waals surface area (Å²) < 4.78 is 0. The Labute approximate surface area is 119 Å². The van der Waals surface area contributed by atoms with Crippen molar-refractivity contribution in [3.8, 4) is 0 Å². The number of hydrogen-bond donors (Lipinski definition) is 1. The average Bonchev–Trinajstić information content (AvgIpc) is 2.39. The maximum absolute atomic E-state index is 6.00. The first-order valence-corrected chi connectivity index (χ1v) is 6.62. The van der Waals surface area contributed by atoms with E-state index < -0.39 is 0 Å². The van der Waals surface area contributed by atoms with Crippen molar-refractivity contribution in [2.45, 2.75) is 13.1 Å². The van der Waals surface area contributed by atoms with Crippen molar-refractivity contribution in [1.82, 2.24) is 10.3 Å². The van der Waals surface area contributed by atoms with E-state index in [1.165, 1.54) is 11.1 Å². The summed E-state index contributed by atoms with van der Waals surface area (Å²) in [7, 11) is 3.97. The lowest BCUT2D eigenvalue weighted by atomic mass is 10.2. The van der Waals surface area contributed by atoms with Gasteiger partial charge >= 0.3 is 0 Å². The first-order chi connectivity index (χ1) is 9.19. The number of aromatic nitrogens is 1. The number of rotatable bonds is 5. The molecule has 0 aliphatic rings. The molecule has 0 saturated carbocycles. The molecule has 1 heterocycles. The zero-order valence-corrected chi connectivity index (χ0v) is 12.0. The molecule has 0 aliphatic heterocycles. The lowest BCUT2D eigenvalue weighted by Gasteiger charge is -2.19. The largest absolute Gasteiger partial charge is 0.355 e. The van der Waals surface area contributed by atoms with E-state index in [-0.39, 0.29) is 0 Å². The molecule has 0 aliphatic carbocycles. The molecule has 0 spiro atoms. The van der Waals surface area contributed by atoms with Gasteiger partial charge in [-0.1, -0.05) is 23.7 Å². The fourth-order valence-corrected chi connectivity index (χ4v) is 2.19. The molecule has 1 N–H and O–H groups in total. The summed E-state index contributed by atoms with van der Waals surface area (Å²) in [5.41, 5.74) is 2.40. The molecule has 2 rings (SSSR count). The number of anilines is 1. The smallest absolute Gasteiger partial charge is 0.128 e. The molecule has 3 nitrogen and oxygen atoms in total. The van der Waals surface area contributed by atoms with Gasteiger partial charge in [0.1, 0.15) is 5.82 Å². The first kappa shape index (κ1) is 13.8. The summed E-state index contributed by atoms with van der Waals surface area (Å²) in [6.07, 6.45) is 1.84. The number of nitrogens with zero attached hydrogens (tertiary/aromatic N) is 2. The topological polar surface area (TPSA) is 28.2 Å². The predicted octanol–water partition coefficient (Wildman–Crippen LogP) is 3.09.